The van der Waals surface area contributed by atoms with Crippen LogP contribution < -0.4 is 4.90 Å². The van der Waals surface area contributed by atoms with Crippen molar-refractivity contribution in [2.45, 2.75) is 11.2 Å². The van der Waals surface area contributed by atoms with E-state index < -0.39 is 34.9 Å². The standard InChI is InChI=1S/C15H11BrF5N3OS/c1-8(16)6-26-14-12(13(15(19,20)21)22-23(14)2)24(7-25)11-4-3-9(17)5-10(11)18/h3-5,7H,1,6H2,2H3. The van der Waals surface area contributed by atoms with E-state index in [9.17, 15) is 26.7 Å². The van der Waals surface area contributed by atoms with Crippen LogP contribution in [0.5, 0.6) is 0 Å². The summed E-state index contributed by atoms with van der Waals surface area (Å²) in [6.45, 7) is 3.59. The fourth-order valence-electron chi connectivity index (χ4n) is 2.12. The van der Waals surface area contributed by atoms with Crippen LogP contribution in [-0.2, 0) is 18.0 Å². The van der Waals surface area contributed by atoms with Crippen LogP contribution in [0.1, 0.15) is 5.69 Å². The molecule has 0 aliphatic rings. The van der Waals surface area contributed by atoms with E-state index in [1.165, 1.54) is 7.05 Å². The van der Waals surface area contributed by atoms with Crippen LogP contribution in [0.15, 0.2) is 34.3 Å². The fraction of sp³-hybridized carbons (Fsp3) is 0.200. The van der Waals surface area contributed by atoms with Crippen LogP contribution >= 0.6 is 27.7 Å². The smallest absolute Gasteiger partial charge is 0.278 e. The maximum absolute atomic E-state index is 14.1. The molecule has 1 aromatic heterocycles. The number of thioether (sulfide) groups is 1. The molecule has 0 atom stereocenters. The Morgan fingerprint density at radius 1 is 1.42 bits per heavy atom. The van der Waals surface area contributed by atoms with Gasteiger partial charge in [-0.3, -0.25) is 14.4 Å². The van der Waals surface area contributed by atoms with Gasteiger partial charge in [0.15, 0.2) is 5.69 Å². The minimum Gasteiger partial charge on any atom is -0.278 e. The van der Waals surface area contributed by atoms with Gasteiger partial charge in [0.05, 0.1) is 5.69 Å². The molecular formula is C15H11BrF5N3OS. The van der Waals surface area contributed by atoms with Gasteiger partial charge in [0.25, 0.3) is 0 Å². The first-order chi connectivity index (χ1) is 12.1. The Labute approximate surface area is 157 Å². The maximum Gasteiger partial charge on any atom is 0.437 e. The Morgan fingerprint density at radius 3 is 2.58 bits per heavy atom. The van der Waals surface area contributed by atoms with E-state index in [1.54, 1.807) is 0 Å². The largest absolute Gasteiger partial charge is 0.437 e. The van der Waals surface area contributed by atoms with Crippen molar-refractivity contribution < 1.29 is 26.7 Å². The molecule has 4 nitrogen and oxygen atoms in total. The van der Waals surface area contributed by atoms with Crippen molar-refractivity contribution in [2.24, 2.45) is 7.05 Å². The van der Waals surface area contributed by atoms with E-state index >= 15 is 0 Å². The lowest BCUT2D eigenvalue weighted by Crippen LogP contribution is -2.20. The highest BCUT2D eigenvalue weighted by atomic mass is 79.9. The molecule has 0 radical (unpaired) electrons. The van der Waals surface area contributed by atoms with Crippen molar-refractivity contribution in [1.29, 1.82) is 0 Å². The number of halogens is 6. The van der Waals surface area contributed by atoms with Crippen LogP contribution in [0, 0.1) is 11.6 Å². The van der Waals surface area contributed by atoms with Gasteiger partial charge in [0.2, 0.25) is 6.41 Å². The predicted molar refractivity (Wildman–Crippen MR) is 91.6 cm³/mol. The van der Waals surface area contributed by atoms with Crippen molar-refractivity contribution >= 4 is 45.5 Å². The Bertz CT molecular complexity index is 853. The second kappa shape index (κ2) is 7.78. The van der Waals surface area contributed by atoms with Crippen LogP contribution in [-0.4, -0.2) is 21.9 Å². The van der Waals surface area contributed by atoms with Crippen LogP contribution in [0.2, 0.25) is 0 Å². The molecule has 0 unspecified atom stereocenters. The number of alkyl halides is 3. The van der Waals surface area contributed by atoms with Crippen LogP contribution in [0.25, 0.3) is 0 Å². The first-order valence-electron chi connectivity index (χ1n) is 6.86. The normalized spacial score (nSPS) is 11.5. The number of aryl methyl sites for hydroxylation is 1. The summed E-state index contributed by atoms with van der Waals surface area (Å²) >= 11 is 4.02. The van der Waals surface area contributed by atoms with Gasteiger partial charge >= 0.3 is 6.18 Å². The number of aromatic nitrogens is 2. The topological polar surface area (TPSA) is 38.1 Å². The first kappa shape index (κ1) is 20.4. The lowest BCUT2D eigenvalue weighted by Gasteiger charge is -2.20. The molecule has 0 saturated carbocycles. The van der Waals surface area contributed by atoms with Gasteiger partial charge in [-0.05, 0) is 16.6 Å². The number of amides is 1. The minimum atomic E-state index is -4.89. The molecule has 2 aromatic rings. The van der Waals surface area contributed by atoms with E-state index in [2.05, 4.69) is 27.6 Å². The average molecular weight is 456 g/mol. The monoisotopic (exact) mass is 455 g/mol. The maximum atomic E-state index is 14.1. The van der Waals surface area contributed by atoms with Gasteiger partial charge < -0.3 is 0 Å². The molecule has 0 fully saturated rings. The summed E-state index contributed by atoms with van der Waals surface area (Å²) in [6.07, 6.45) is -4.87. The summed E-state index contributed by atoms with van der Waals surface area (Å²) in [6, 6.07) is 2.19. The molecule has 0 aliphatic carbocycles. The van der Waals surface area contributed by atoms with E-state index in [-0.39, 0.29) is 17.2 Å². The molecule has 0 aliphatic heterocycles. The SMILES string of the molecule is C=C(Br)CSc1c(N(C=O)c2ccc(F)cc2F)c(C(F)(F)F)nn1C. The summed E-state index contributed by atoms with van der Waals surface area (Å²) in [5, 5.41) is 3.40. The molecule has 26 heavy (non-hydrogen) atoms. The van der Waals surface area contributed by atoms with Crippen molar-refractivity contribution in [2.75, 3.05) is 10.7 Å². The number of rotatable bonds is 6. The quantitative estimate of drug-likeness (QED) is 0.349. The first-order valence-corrected chi connectivity index (χ1v) is 8.64. The average Bonchev–Trinajstić information content (AvgIpc) is 2.85. The molecule has 1 heterocycles. The van der Waals surface area contributed by atoms with Gasteiger partial charge in [-0.1, -0.05) is 34.3 Å². The molecule has 0 spiro atoms. The van der Waals surface area contributed by atoms with Gasteiger partial charge in [-0.15, -0.1) is 0 Å². The molecule has 11 heteroatoms. The van der Waals surface area contributed by atoms with E-state index in [4.69, 9.17) is 0 Å². The molecule has 0 bridgehead atoms. The van der Waals surface area contributed by atoms with Gasteiger partial charge in [0.1, 0.15) is 22.3 Å². The summed E-state index contributed by atoms with van der Waals surface area (Å²) in [5.41, 5.74) is -2.53. The Kier molecular flexibility index (Phi) is 6.12. The zero-order chi connectivity index (χ0) is 19.6. The molecule has 0 N–H and O–H groups in total. The van der Waals surface area contributed by atoms with E-state index in [1.807, 2.05) is 0 Å². The van der Waals surface area contributed by atoms with Crippen molar-refractivity contribution in [3.05, 3.63) is 46.6 Å². The summed E-state index contributed by atoms with van der Waals surface area (Å²) < 4.78 is 68.9. The zero-order valence-corrected chi connectivity index (χ0v) is 15.6. The van der Waals surface area contributed by atoms with E-state index in [0.717, 1.165) is 28.6 Å². The molecular weight excluding hydrogens is 445 g/mol. The number of hydrogen-bond donors (Lipinski definition) is 0. The highest BCUT2D eigenvalue weighted by Crippen LogP contribution is 2.44. The number of carbonyl (C=O) groups is 1. The summed E-state index contributed by atoms with van der Waals surface area (Å²) in [5.74, 6) is -1.93. The van der Waals surface area contributed by atoms with Crippen molar-refractivity contribution in [3.8, 4) is 0 Å². The third-order valence-electron chi connectivity index (χ3n) is 3.12. The highest BCUT2D eigenvalue weighted by Gasteiger charge is 2.41. The minimum absolute atomic E-state index is 0.0234. The molecule has 1 amide bonds. The third-order valence-corrected chi connectivity index (χ3v) is 5.00. The number of nitrogens with zero attached hydrogens (tertiary/aromatic N) is 3. The third kappa shape index (κ3) is 4.26. The van der Waals surface area contributed by atoms with Crippen molar-refractivity contribution in [1.82, 2.24) is 9.78 Å². The molecule has 2 rings (SSSR count). The fourth-order valence-corrected chi connectivity index (χ4v) is 3.32. The number of carbonyl (C=O) groups excluding carboxylic acids is 1. The lowest BCUT2D eigenvalue weighted by atomic mass is 10.2. The molecule has 0 saturated heterocycles. The summed E-state index contributed by atoms with van der Waals surface area (Å²) in [4.78, 5) is 12.0. The Balaban J connectivity index is 2.69. The number of anilines is 2. The Morgan fingerprint density at radius 2 is 2.08 bits per heavy atom. The van der Waals surface area contributed by atoms with Gasteiger partial charge in [-0.2, -0.15) is 18.3 Å². The highest BCUT2D eigenvalue weighted by molar-refractivity contribution is 9.11. The van der Waals surface area contributed by atoms with Gasteiger partial charge in [0, 0.05) is 18.9 Å². The Hall–Kier alpha value is -1.88. The summed E-state index contributed by atoms with van der Waals surface area (Å²) in [7, 11) is 1.27. The lowest BCUT2D eigenvalue weighted by molar-refractivity contribution is -0.140. The second-order valence-electron chi connectivity index (χ2n) is 5.00. The van der Waals surface area contributed by atoms with Crippen LogP contribution in [0.4, 0.5) is 33.3 Å². The molecule has 1 aromatic carbocycles. The predicted octanol–water partition coefficient (Wildman–Crippen LogP) is 5.01. The molecule has 140 valence electrons. The zero-order valence-electron chi connectivity index (χ0n) is 13.1. The number of hydrogen-bond acceptors (Lipinski definition) is 3. The van der Waals surface area contributed by atoms with E-state index in [0.29, 0.717) is 15.4 Å². The second-order valence-corrected chi connectivity index (χ2v) is 7.09. The van der Waals surface area contributed by atoms with Crippen molar-refractivity contribution in [3.63, 3.8) is 0 Å². The van der Waals surface area contributed by atoms with Crippen LogP contribution in [0.3, 0.4) is 0 Å². The van der Waals surface area contributed by atoms with Gasteiger partial charge in [-0.25, -0.2) is 8.78 Å². The number of benzene rings is 1.